The minimum Gasteiger partial charge on any atom is -0.356 e. The lowest BCUT2D eigenvalue weighted by Gasteiger charge is -2.37. The normalized spacial score (nSPS) is 26.4. The predicted molar refractivity (Wildman–Crippen MR) is 108 cm³/mol. The maximum absolute atomic E-state index is 14.6. The van der Waals surface area contributed by atoms with Gasteiger partial charge in [0.05, 0.1) is 17.7 Å². The fourth-order valence-corrected chi connectivity index (χ4v) is 4.24. The molecule has 0 spiro atoms. The molecule has 1 aromatic heterocycles. The number of halogens is 1. The molecule has 0 aromatic carbocycles. The number of fused-ring (bicyclic) bond motifs is 1. The standard InChI is InChI=1S/C21H25FN6/c1-13(2)10-15-12-28(9-7-14(15)11-23)18-6-5-17(22)20(25-18)19-16-4-3-8-24-21(16)27-26-19/h3-6,8,13-15,21,26-27H,7,9-10,12H2,1-2H3. The van der Waals surface area contributed by atoms with E-state index in [0.29, 0.717) is 23.2 Å². The van der Waals surface area contributed by atoms with E-state index in [4.69, 9.17) is 0 Å². The molecule has 3 atom stereocenters. The van der Waals surface area contributed by atoms with Crippen LogP contribution in [-0.4, -0.2) is 30.5 Å². The molecule has 3 aliphatic heterocycles. The first-order valence-corrected chi connectivity index (χ1v) is 9.84. The van der Waals surface area contributed by atoms with Gasteiger partial charge < -0.3 is 10.3 Å². The molecule has 28 heavy (non-hydrogen) atoms. The number of aromatic nitrogens is 1. The number of aliphatic imine (C=N–C) groups is 1. The van der Waals surface area contributed by atoms with Crippen molar-refractivity contribution in [2.45, 2.75) is 32.9 Å². The van der Waals surface area contributed by atoms with Gasteiger partial charge in [0.15, 0.2) is 5.82 Å². The van der Waals surface area contributed by atoms with E-state index in [2.05, 4.69) is 45.6 Å². The zero-order valence-electron chi connectivity index (χ0n) is 16.2. The van der Waals surface area contributed by atoms with Crippen LogP contribution in [0.1, 0.15) is 32.4 Å². The minimum absolute atomic E-state index is 0.0789. The third-order valence-electron chi connectivity index (χ3n) is 5.58. The molecule has 6 nitrogen and oxygen atoms in total. The molecule has 0 bridgehead atoms. The Morgan fingerprint density at radius 1 is 1.39 bits per heavy atom. The van der Waals surface area contributed by atoms with Gasteiger partial charge in [-0.05, 0) is 42.9 Å². The zero-order valence-corrected chi connectivity index (χ0v) is 16.2. The highest BCUT2D eigenvalue weighted by molar-refractivity contribution is 5.80. The van der Waals surface area contributed by atoms with Crippen LogP contribution in [0.4, 0.5) is 10.2 Å². The van der Waals surface area contributed by atoms with Gasteiger partial charge in [-0.3, -0.25) is 4.99 Å². The van der Waals surface area contributed by atoms with Crippen molar-refractivity contribution in [1.82, 2.24) is 15.8 Å². The molecule has 1 aromatic rings. The second-order valence-corrected chi connectivity index (χ2v) is 8.02. The van der Waals surface area contributed by atoms with Crippen LogP contribution in [0.2, 0.25) is 0 Å². The summed E-state index contributed by atoms with van der Waals surface area (Å²) in [6.07, 6.45) is 7.09. The molecule has 3 aliphatic rings. The maximum Gasteiger partial charge on any atom is 0.151 e. The van der Waals surface area contributed by atoms with Crippen molar-refractivity contribution in [3.63, 3.8) is 0 Å². The van der Waals surface area contributed by atoms with Gasteiger partial charge in [-0.2, -0.15) is 5.26 Å². The highest BCUT2D eigenvalue weighted by Crippen LogP contribution is 2.32. The van der Waals surface area contributed by atoms with Crippen LogP contribution >= 0.6 is 0 Å². The van der Waals surface area contributed by atoms with Crippen molar-refractivity contribution in [2.75, 3.05) is 18.0 Å². The van der Waals surface area contributed by atoms with E-state index in [1.54, 1.807) is 12.3 Å². The summed E-state index contributed by atoms with van der Waals surface area (Å²) in [6.45, 7) is 5.91. The lowest BCUT2D eigenvalue weighted by Crippen LogP contribution is -2.41. The van der Waals surface area contributed by atoms with Crippen LogP contribution < -0.4 is 15.8 Å². The number of dihydropyridines is 1. The second-order valence-electron chi connectivity index (χ2n) is 8.02. The van der Waals surface area contributed by atoms with E-state index in [9.17, 15) is 9.65 Å². The van der Waals surface area contributed by atoms with Crippen LogP contribution in [0.15, 0.2) is 34.9 Å². The number of nitriles is 1. The third-order valence-corrected chi connectivity index (χ3v) is 5.58. The van der Waals surface area contributed by atoms with E-state index in [1.807, 2.05) is 12.2 Å². The highest BCUT2D eigenvalue weighted by Gasteiger charge is 2.32. The summed E-state index contributed by atoms with van der Waals surface area (Å²) in [6, 6.07) is 5.68. The Labute approximate surface area is 164 Å². The molecule has 4 rings (SSSR count). The van der Waals surface area contributed by atoms with Crippen molar-refractivity contribution >= 4 is 17.7 Å². The van der Waals surface area contributed by atoms with E-state index < -0.39 is 0 Å². The Morgan fingerprint density at radius 2 is 2.25 bits per heavy atom. The molecule has 0 amide bonds. The van der Waals surface area contributed by atoms with Gasteiger partial charge in [-0.1, -0.05) is 19.9 Å². The van der Waals surface area contributed by atoms with Crippen molar-refractivity contribution in [2.24, 2.45) is 22.7 Å². The Morgan fingerprint density at radius 3 is 3.04 bits per heavy atom. The Kier molecular flexibility index (Phi) is 5.14. The Balaban J connectivity index is 1.62. The van der Waals surface area contributed by atoms with Crippen LogP contribution in [-0.2, 0) is 0 Å². The first-order valence-electron chi connectivity index (χ1n) is 9.84. The number of anilines is 1. The van der Waals surface area contributed by atoms with Gasteiger partial charge in [0.1, 0.15) is 17.7 Å². The summed E-state index contributed by atoms with van der Waals surface area (Å²) >= 11 is 0. The first-order chi connectivity index (χ1) is 13.6. The van der Waals surface area contributed by atoms with Crippen LogP contribution in [0.3, 0.4) is 0 Å². The van der Waals surface area contributed by atoms with E-state index in [1.165, 1.54) is 6.07 Å². The number of nitrogens with one attached hydrogen (secondary N) is 2. The first kappa shape index (κ1) is 18.6. The summed E-state index contributed by atoms with van der Waals surface area (Å²) in [7, 11) is 0. The highest BCUT2D eigenvalue weighted by atomic mass is 19.1. The summed E-state index contributed by atoms with van der Waals surface area (Å²) in [4.78, 5) is 11.2. The molecular formula is C21H25FN6. The van der Waals surface area contributed by atoms with Gasteiger partial charge >= 0.3 is 0 Å². The van der Waals surface area contributed by atoms with Crippen LogP contribution in [0.25, 0.3) is 5.70 Å². The quantitative estimate of drug-likeness (QED) is 0.840. The van der Waals surface area contributed by atoms with Crippen molar-refractivity contribution in [1.29, 1.82) is 5.26 Å². The lowest BCUT2D eigenvalue weighted by molar-refractivity contribution is 0.288. The number of hydrogen-bond acceptors (Lipinski definition) is 6. The molecule has 7 heteroatoms. The van der Waals surface area contributed by atoms with Gasteiger partial charge in [0.25, 0.3) is 0 Å². The molecule has 0 radical (unpaired) electrons. The smallest absolute Gasteiger partial charge is 0.151 e. The molecule has 2 N–H and O–H groups in total. The molecule has 1 fully saturated rings. The van der Waals surface area contributed by atoms with Gasteiger partial charge in [-0.15, -0.1) is 0 Å². The topological polar surface area (TPSA) is 76.3 Å². The summed E-state index contributed by atoms with van der Waals surface area (Å²) in [5.41, 5.74) is 7.89. The molecule has 1 saturated heterocycles. The fraction of sp³-hybridized carbons (Fsp3) is 0.476. The number of hydrazine groups is 1. The summed E-state index contributed by atoms with van der Waals surface area (Å²) in [5, 5.41) is 9.49. The van der Waals surface area contributed by atoms with Crippen LogP contribution in [0.5, 0.6) is 0 Å². The Hall–Kier alpha value is -2.72. The number of nitrogens with zero attached hydrogens (tertiary/aromatic N) is 4. The average Bonchev–Trinajstić information content (AvgIpc) is 3.12. The second kappa shape index (κ2) is 7.72. The van der Waals surface area contributed by atoms with Crippen molar-refractivity contribution < 1.29 is 4.39 Å². The monoisotopic (exact) mass is 380 g/mol. The van der Waals surface area contributed by atoms with E-state index >= 15 is 0 Å². The maximum atomic E-state index is 14.6. The number of rotatable bonds is 4. The van der Waals surface area contributed by atoms with Crippen molar-refractivity contribution in [3.05, 3.63) is 41.4 Å². The number of pyridine rings is 1. The number of allylic oxidation sites excluding steroid dienone is 1. The summed E-state index contributed by atoms with van der Waals surface area (Å²) < 4.78 is 14.6. The Bertz CT molecular complexity index is 881. The number of hydrogen-bond donors (Lipinski definition) is 2. The molecule has 0 aliphatic carbocycles. The van der Waals surface area contributed by atoms with E-state index in [-0.39, 0.29) is 17.9 Å². The molecular weight excluding hydrogens is 355 g/mol. The molecule has 0 saturated carbocycles. The third kappa shape index (κ3) is 3.52. The van der Waals surface area contributed by atoms with Gasteiger partial charge in [0.2, 0.25) is 0 Å². The largest absolute Gasteiger partial charge is 0.356 e. The van der Waals surface area contributed by atoms with Gasteiger partial charge in [0, 0.05) is 24.9 Å². The minimum atomic E-state index is -0.366. The van der Waals surface area contributed by atoms with E-state index in [0.717, 1.165) is 37.3 Å². The SMILES string of the molecule is CC(C)CC1CN(c2ccc(F)c(C3=C4C=CC=NC4NN3)n2)CCC1C#N. The number of piperidine rings is 1. The lowest BCUT2D eigenvalue weighted by atomic mass is 9.81. The zero-order chi connectivity index (χ0) is 19.7. The fourth-order valence-electron chi connectivity index (χ4n) is 4.24. The van der Waals surface area contributed by atoms with Crippen LogP contribution in [0, 0.1) is 34.9 Å². The molecule has 4 heterocycles. The molecule has 146 valence electrons. The molecule has 3 unspecified atom stereocenters. The van der Waals surface area contributed by atoms with Crippen molar-refractivity contribution in [3.8, 4) is 6.07 Å². The predicted octanol–water partition coefficient (Wildman–Crippen LogP) is 3.02. The average molecular weight is 380 g/mol. The van der Waals surface area contributed by atoms with Gasteiger partial charge in [-0.25, -0.2) is 14.8 Å². The summed E-state index contributed by atoms with van der Waals surface area (Å²) in [5.74, 6) is 1.31.